The van der Waals surface area contributed by atoms with E-state index in [1.54, 1.807) is 19.2 Å². The van der Waals surface area contributed by atoms with Crippen LogP contribution in [0.1, 0.15) is 35.7 Å². The molecule has 26 heavy (non-hydrogen) atoms. The zero-order chi connectivity index (χ0) is 19.1. The fraction of sp³-hybridized carbons (Fsp3) is 0.316. The molecule has 2 N–H and O–H groups in total. The first-order valence-electron chi connectivity index (χ1n) is 8.35. The molecule has 0 saturated heterocycles. The van der Waals surface area contributed by atoms with Gasteiger partial charge in [-0.05, 0) is 35.7 Å². The molecule has 7 nitrogen and oxygen atoms in total. The van der Waals surface area contributed by atoms with Crippen LogP contribution in [-0.4, -0.2) is 31.1 Å². The Morgan fingerprint density at radius 2 is 2.00 bits per heavy atom. The Kier molecular flexibility index (Phi) is 6.68. The molecule has 7 heteroatoms. The predicted molar refractivity (Wildman–Crippen MR) is 102 cm³/mol. The topological polar surface area (TPSA) is 93.5 Å². The highest BCUT2D eigenvalue weighted by Gasteiger charge is 2.17. The molecule has 0 bridgehead atoms. The maximum absolute atomic E-state index is 12.5. The van der Waals surface area contributed by atoms with Crippen LogP contribution in [0.5, 0.6) is 0 Å². The molecule has 0 unspecified atom stereocenters. The maximum Gasteiger partial charge on any atom is 0.293 e. The Bertz CT molecular complexity index is 790. The number of methoxy groups -OCH3 is 1. The van der Waals surface area contributed by atoms with Gasteiger partial charge in [0.15, 0.2) is 0 Å². The van der Waals surface area contributed by atoms with Crippen LogP contribution < -0.4 is 10.6 Å². The van der Waals surface area contributed by atoms with Gasteiger partial charge in [-0.3, -0.25) is 14.9 Å². The van der Waals surface area contributed by atoms with Crippen LogP contribution in [0.4, 0.5) is 17.1 Å². The molecule has 2 rings (SSSR count). The van der Waals surface area contributed by atoms with E-state index in [2.05, 4.69) is 24.5 Å². The number of hydrogen-bond donors (Lipinski definition) is 2. The molecule has 0 atom stereocenters. The standard InChI is InChI=1S/C19H23N3O4/c1-13(2)14-5-4-6-16(11-14)21-19(23)15-7-8-17(20-9-10-26-3)18(12-15)22(24)25/h4-8,11-13,20H,9-10H2,1-3H3,(H,21,23). The van der Waals surface area contributed by atoms with Crippen LogP contribution in [0.3, 0.4) is 0 Å². The van der Waals surface area contributed by atoms with Gasteiger partial charge in [0.1, 0.15) is 5.69 Å². The maximum atomic E-state index is 12.5. The van der Waals surface area contributed by atoms with Crippen LogP contribution in [-0.2, 0) is 4.74 Å². The summed E-state index contributed by atoms with van der Waals surface area (Å²) < 4.78 is 4.92. The third-order valence-electron chi connectivity index (χ3n) is 3.89. The van der Waals surface area contributed by atoms with Gasteiger partial charge in [-0.2, -0.15) is 0 Å². The Balaban J connectivity index is 2.19. The van der Waals surface area contributed by atoms with Gasteiger partial charge in [-0.25, -0.2) is 0 Å². The minimum atomic E-state index is -0.509. The minimum Gasteiger partial charge on any atom is -0.383 e. The number of amides is 1. The predicted octanol–water partition coefficient (Wildman–Crippen LogP) is 4.03. The van der Waals surface area contributed by atoms with Gasteiger partial charge < -0.3 is 15.4 Å². The summed E-state index contributed by atoms with van der Waals surface area (Å²) in [6.45, 7) is 5.00. The van der Waals surface area contributed by atoms with Gasteiger partial charge in [0, 0.05) is 31.0 Å². The lowest BCUT2D eigenvalue weighted by Crippen LogP contribution is -2.14. The molecule has 1 amide bonds. The van der Waals surface area contributed by atoms with E-state index in [4.69, 9.17) is 4.74 Å². The number of benzene rings is 2. The number of carbonyl (C=O) groups excluding carboxylic acids is 1. The second-order valence-corrected chi connectivity index (χ2v) is 6.14. The summed E-state index contributed by atoms with van der Waals surface area (Å²) in [5.74, 6) is -0.0529. The Morgan fingerprint density at radius 1 is 1.23 bits per heavy atom. The minimum absolute atomic E-state index is 0.148. The van der Waals surface area contributed by atoms with E-state index in [9.17, 15) is 14.9 Å². The van der Waals surface area contributed by atoms with Gasteiger partial charge in [-0.1, -0.05) is 26.0 Å². The van der Waals surface area contributed by atoms with Crippen molar-refractivity contribution in [2.75, 3.05) is 30.9 Å². The molecule has 0 radical (unpaired) electrons. The van der Waals surface area contributed by atoms with Crippen LogP contribution in [0.2, 0.25) is 0 Å². The van der Waals surface area contributed by atoms with Gasteiger partial charge >= 0.3 is 0 Å². The van der Waals surface area contributed by atoms with Gasteiger partial charge in [0.05, 0.1) is 11.5 Å². The lowest BCUT2D eigenvalue weighted by molar-refractivity contribution is -0.384. The number of rotatable bonds is 8. The Labute approximate surface area is 152 Å². The number of nitro benzene ring substituents is 1. The van der Waals surface area contributed by atoms with Crippen molar-refractivity contribution in [3.8, 4) is 0 Å². The van der Waals surface area contributed by atoms with Crippen LogP contribution in [0, 0.1) is 10.1 Å². The number of hydrogen-bond acceptors (Lipinski definition) is 5. The quantitative estimate of drug-likeness (QED) is 0.423. The zero-order valence-electron chi connectivity index (χ0n) is 15.1. The van der Waals surface area contributed by atoms with E-state index in [-0.39, 0.29) is 11.3 Å². The van der Waals surface area contributed by atoms with E-state index in [1.165, 1.54) is 12.1 Å². The lowest BCUT2D eigenvalue weighted by atomic mass is 10.0. The van der Waals surface area contributed by atoms with Gasteiger partial charge in [-0.15, -0.1) is 0 Å². The summed E-state index contributed by atoms with van der Waals surface area (Å²) >= 11 is 0. The number of nitrogens with zero attached hydrogens (tertiary/aromatic N) is 1. The normalized spacial score (nSPS) is 10.6. The fourth-order valence-corrected chi connectivity index (χ4v) is 2.44. The van der Waals surface area contributed by atoms with Crippen molar-refractivity contribution in [1.29, 1.82) is 0 Å². The summed E-state index contributed by atoms with van der Waals surface area (Å²) in [7, 11) is 1.55. The Hall–Kier alpha value is -2.93. The summed E-state index contributed by atoms with van der Waals surface area (Å²) in [6.07, 6.45) is 0. The monoisotopic (exact) mass is 357 g/mol. The molecular formula is C19H23N3O4. The van der Waals surface area contributed by atoms with Crippen molar-refractivity contribution in [3.63, 3.8) is 0 Å². The summed E-state index contributed by atoms with van der Waals surface area (Å²) in [4.78, 5) is 23.3. The number of ether oxygens (including phenoxy) is 1. The molecule has 0 aliphatic carbocycles. The highest BCUT2D eigenvalue weighted by molar-refractivity contribution is 6.05. The van der Waals surface area contributed by atoms with Crippen molar-refractivity contribution in [1.82, 2.24) is 0 Å². The van der Waals surface area contributed by atoms with Crippen molar-refractivity contribution >= 4 is 23.0 Å². The SMILES string of the molecule is COCCNc1ccc(C(=O)Nc2cccc(C(C)C)c2)cc1[N+](=O)[O-]. The molecule has 0 fully saturated rings. The van der Waals surface area contributed by atoms with Crippen LogP contribution in [0.15, 0.2) is 42.5 Å². The second kappa shape index (κ2) is 8.96. The van der Waals surface area contributed by atoms with Crippen molar-refractivity contribution in [2.24, 2.45) is 0 Å². The average molecular weight is 357 g/mol. The molecule has 0 aliphatic rings. The highest BCUT2D eigenvalue weighted by Crippen LogP contribution is 2.26. The third-order valence-corrected chi connectivity index (χ3v) is 3.89. The van der Waals surface area contributed by atoms with E-state index >= 15 is 0 Å². The highest BCUT2D eigenvalue weighted by atomic mass is 16.6. The molecule has 0 spiro atoms. The summed E-state index contributed by atoms with van der Waals surface area (Å²) in [5.41, 5.74) is 2.19. The van der Waals surface area contributed by atoms with E-state index in [0.29, 0.717) is 30.4 Å². The first-order chi connectivity index (χ1) is 12.4. The number of carbonyl (C=O) groups is 1. The number of anilines is 2. The van der Waals surface area contributed by atoms with Crippen molar-refractivity contribution in [2.45, 2.75) is 19.8 Å². The summed E-state index contributed by atoms with van der Waals surface area (Å²) in [5, 5.41) is 17.0. The smallest absolute Gasteiger partial charge is 0.293 e. The largest absolute Gasteiger partial charge is 0.383 e. The van der Waals surface area contributed by atoms with Crippen LogP contribution in [0.25, 0.3) is 0 Å². The summed E-state index contributed by atoms with van der Waals surface area (Å²) in [6, 6.07) is 11.9. The number of nitrogens with one attached hydrogen (secondary N) is 2. The molecule has 138 valence electrons. The first-order valence-corrected chi connectivity index (χ1v) is 8.35. The van der Waals surface area contributed by atoms with E-state index in [0.717, 1.165) is 5.56 Å². The second-order valence-electron chi connectivity index (χ2n) is 6.14. The van der Waals surface area contributed by atoms with E-state index in [1.807, 2.05) is 18.2 Å². The van der Waals surface area contributed by atoms with Gasteiger partial charge in [0.2, 0.25) is 0 Å². The fourth-order valence-electron chi connectivity index (χ4n) is 2.44. The molecule has 0 aromatic heterocycles. The average Bonchev–Trinajstić information content (AvgIpc) is 2.62. The number of nitro groups is 1. The molecule has 0 heterocycles. The molecule has 0 saturated carbocycles. The molecule has 0 aliphatic heterocycles. The lowest BCUT2D eigenvalue weighted by Gasteiger charge is -2.11. The van der Waals surface area contributed by atoms with E-state index < -0.39 is 10.8 Å². The van der Waals surface area contributed by atoms with Crippen molar-refractivity contribution in [3.05, 3.63) is 63.7 Å². The molecular weight excluding hydrogens is 334 g/mol. The zero-order valence-corrected chi connectivity index (χ0v) is 15.1. The van der Waals surface area contributed by atoms with Crippen LogP contribution >= 0.6 is 0 Å². The third kappa shape index (κ3) is 5.03. The first kappa shape index (κ1) is 19.4. The molecule has 2 aromatic carbocycles. The van der Waals surface area contributed by atoms with Crippen molar-refractivity contribution < 1.29 is 14.5 Å². The van der Waals surface area contributed by atoms with Gasteiger partial charge in [0.25, 0.3) is 11.6 Å². The molecule has 2 aromatic rings. The Morgan fingerprint density at radius 3 is 2.65 bits per heavy atom.